The predicted octanol–water partition coefficient (Wildman–Crippen LogP) is 7.30. The minimum absolute atomic E-state index is 0.0188. The number of hydrogen-bond donors (Lipinski definition) is 1. The molecule has 0 saturated heterocycles. The lowest BCUT2D eigenvalue weighted by Gasteiger charge is -2.33. The second kappa shape index (κ2) is 15.0. The number of nitrogens with zero attached hydrogens (tertiary/aromatic N) is 1. The van der Waals surface area contributed by atoms with Gasteiger partial charge in [0.15, 0.2) is 0 Å². The zero-order chi connectivity index (χ0) is 26.6. The Kier molecular flexibility index (Phi) is 11.1. The van der Waals surface area contributed by atoms with Crippen LogP contribution in [-0.2, 0) is 22.6 Å². The Morgan fingerprint density at radius 1 is 0.868 bits per heavy atom. The Balaban J connectivity index is 1.49. The molecule has 0 unspecified atom stereocenters. The second-order valence-electron chi connectivity index (χ2n) is 9.96. The summed E-state index contributed by atoms with van der Waals surface area (Å²) >= 11 is 7.72. The van der Waals surface area contributed by atoms with E-state index in [2.05, 4.69) is 5.32 Å². The molecule has 6 heteroatoms. The SMILES string of the molecule is O=C(NC1CCCCC1)[C@@H](Cc1ccccc1)N(Cc1ccccc1)C(=O)CCCSc1ccc(Cl)cc1. The third-order valence-electron chi connectivity index (χ3n) is 7.04. The first-order valence-electron chi connectivity index (χ1n) is 13.6. The fourth-order valence-corrected chi connectivity index (χ4v) is 5.95. The van der Waals surface area contributed by atoms with Crippen LogP contribution in [0.2, 0.25) is 5.02 Å². The van der Waals surface area contributed by atoms with E-state index in [-0.39, 0.29) is 17.9 Å². The number of thioether (sulfide) groups is 1. The summed E-state index contributed by atoms with van der Waals surface area (Å²) in [5, 5.41) is 4.03. The van der Waals surface area contributed by atoms with Crippen molar-refractivity contribution < 1.29 is 9.59 Å². The number of amides is 2. The van der Waals surface area contributed by atoms with E-state index in [1.54, 1.807) is 11.8 Å². The summed E-state index contributed by atoms with van der Waals surface area (Å²) in [6.45, 7) is 0.416. The minimum Gasteiger partial charge on any atom is -0.352 e. The molecule has 0 aliphatic heterocycles. The molecule has 3 aromatic rings. The first kappa shape index (κ1) is 28.3. The minimum atomic E-state index is -0.559. The molecule has 4 nitrogen and oxygen atoms in total. The van der Waals surface area contributed by atoms with Crippen molar-refractivity contribution in [3.8, 4) is 0 Å². The Morgan fingerprint density at radius 2 is 1.50 bits per heavy atom. The van der Waals surface area contributed by atoms with Crippen LogP contribution in [0, 0.1) is 0 Å². The van der Waals surface area contributed by atoms with Gasteiger partial charge in [0.05, 0.1) is 0 Å². The summed E-state index contributed by atoms with van der Waals surface area (Å²) in [4.78, 5) is 30.5. The van der Waals surface area contributed by atoms with Crippen molar-refractivity contribution >= 4 is 35.2 Å². The van der Waals surface area contributed by atoms with E-state index in [1.807, 2.05) is 89.8 Å². The van der Waals surface area contributed by atoms with Gasteiger partial charge in [-0.05, 0) is 60.4 Å². The zero-order valence-electron chi connectivity index (χ0n) is 21.9. The molecule has 200 valence electrons. The smallest absolute Gasteiger partial charge is 0.243 e. The number of benzene rings is 3. The summed E-state index contributed by atoms with van der Waals surface area (Å²) in [7, 11) is 0. The van der Waals surface area contributed by atoms with Gasteiger partial charge >= 0.3 is 0 Å². The number of hydrogen-bond acceptors (Lipinski definition) is 3. The molecule has 0 aromatic heterocycles. The standard InChI is InChI=1S/C32H37ClN2O2S/c33-27-18-20-29(21-19-27)38-22-10-17-31(36)35(24-26-13-6-2-7-14-26)30(23-25-11-4-1-5-12-25)32(37)34-28-15-8-3-9-16-28/h1-2,4-7,11-14,18-21,28,30H,3,8-10,15-17,22-24H2,(H,34,37)/t30-/m1/s1. The number of halogens is 1. The molecule has 38 heavy (non-hydrogen) atoms. The molecule has 0 bridgehead atoms. The summed E-state index contributed by atoms with van der Waals surface area (Å²) in [6.07, 6.45) is 7.17. The van der Waals surface area contributed by atoms with Gasteiger partial charge in [-0.3, -0.25) is 9.59 Å². The van der Waals surface area contributed by atoms with E-state index < -0.39 is 6.04 Å². The predicted molar refractivity (Wildman–Crippen MR) is 157 cm³/mol. The lowest BCUT2D eigenvalue weighted by Crippen LogP contribution is -2.52. The van der Waals surface area contributed by atoms with Crippen LogP contribution >= 0.6 is 23.4 Å². The topological polar surface area (TPSA) is 49.4 Å². The summed E-state index contributed by atoms with van der Waals surface area (Å²) in [5.74, 6) is 0.801. The van der Waals surface area contributed by atoms with Crippen LogP contribution < -0.4 is 5.32 Å². The lowest BCUT2D eigenvalue weighted by molar-refractivity contribution is -0.141. The van der Waals surface area contributed by atoms with E-state index in [9.17, 15) is 9.59 Å². The van der Waals surface area contributed by atoms with Gasteiger partial charge < -0.3 is 10.2 Å². The van der Waals surface area contributed by atoms with Gasteiger partial charge in [0.2, 0.25) is 11.8 Å². The van der Waals surface area contributed by atoms with Crippen LogP contribution in [0.15, 0.2) is 89.8 Å². The van der Waals surface area contributed by atoms with E-state index in [0.717, 1.165) is 58.9 Å². The third-order valence-corrected chi connectivity index (χ3v) is 8.39. The molecule has 0 radical (unpaired) electrons. The van der Waals surface area contributed by atoms with Crippen molar-refractivity contribution in [3.05, 3.63) is 101 Å². The largest absolute Gasteiger partial charge is 0.352 e. The Bertz CT molecular complexity index is 1140. The third kappa shape index (κ3) is 8.92. The van der Waals surface area contributed by atoms with E-state index in [0.29, 0.717) is 19.4 Å². The highest BCUT2D eigenvalue weighted by atomic mass is 35.5. The van der Waals surface area contributed by atoms with Crippen LogP contribution in [0.5, 0.6) is 0 Å². The molecule has 1 aliphatic carbocycles. The molecule has 1 aliphatic rings. The highest BCUT2D eigenvalue weighted by molar-refractivity contribution is 7.99. The molecule has 3 aromatic carbocycles. The molecule has 0 spiro atoms. The Hall–Kier alpha value is -2.76. The summed E-state index contributed by atoms with van der Waals surface area (Å²) in [6, 6.07) is 27.4. The number of rotatable bonds is 12. The fraction of sp³-hybridized carbons (Fsp3) is 0.375. The van der Waals surface area contributed by atoms with Crippen LogP contribution in [0.25, 0.3) is 0 Å². The molecule has 1 atom stereocenters. The second-order valence-corrected chi connectivity index (χ2v) is 11.6. The van der Waals surface area contributed by atoms with Crippen molar-refractivity contribution in [2.24, 2.45) is 0 Å². The monoisotopic (exact) mass is 548 g/mol. The lowest BCUT2D eigenvalue weighted by atomic mass is 9.94. The van der Waals surface area contributed by atoms with Crippen molar-refractivity contribution in [3.63, 3.8) is 0 Å². The van der Waals surface area contributed by atoms with E-state index in [1.165, 1.54) is 6.42 Å². The highest BCUT2D eigenvalue weighted by Gasteiger charge is 2.31. The van der Waals surface area contributed by atoms with Crippen molar-refractivity contribution in [2.75, 3.05) is 5.75 Å². The maximum Gasteiger partial charge on any atom is 0.243 e. The van der Waals surface area contributed by atoms with Gasteiger partial charge in [-0.2, -0.15) is 0 Å². The first-order chi connectivity index (χ1) is 18.6. The van der Waals surface area contributed by atoms with Gasteiger partial charge in [0, 0.05) is 35.3 Å². The fourth-order valence-electron chi connectivity index (χ4n) is 4.97. The Morgan fingerprint density at radius 3 is 2.16 bits per heavy atom. The van der Waals surface area contributed by atoms with E-state index in [4.69, 9.17) is 11.6 Å². The van der Waals surface area contributed by atoms with Crippen LogP contribution in [0.3, 0.4) is 0 Å². The maximum atomic E-state index is 13.8. The molecular formula is C32H37ClN2O2S. The summed E-state index contributed by atoms with van der Waals surface area (Å²) < 4.78 is 0. The molecule has 4 rings (SSSR count). The Labute approximate surface area is 236 Å². The van der Waals surface area contributed by atoms with Crippen molar-refractivity contribution in [1.29, 1.82) is 0 Å². The highest BCUT2D eigenvalue weighted by Crippen LogP contribution is 2.23. The normalized spacial score (nSPS) is 14.6. The molecule has 2 amide bonds. The van der Waals surface area contributed by atoms with Crippen molar-refractivity contribution in [2.45, 2.75) is 74.9 Å². The number of carbonyl (C=O) groups excluding carboxylic acids is 2. The van der Waals surface area contributed by atoms with Crippen molar-refractivity contribution in [1.82, 2.24) is 10.2 Å². The molecule has 1 saturated carbocycles. The van der Waals surface area contributed by atoms with Crippen LogP contribution in [0.4, 0.5) is 0 Å². The van der Waals surface area contributed by atoms with Gasteiger partial charge in [0.25, 0.3) is 0 Å². The number of nitrogens with one attached hydrogen (secondary N) is 1. The molecular weight excluding hydrogens is 512 g/mol. The molecule has 1 N–H and O–H groups in total. The zero-order valence-corrected chi connectivity index (χ0v) is 23.4. The average Bonchev–Trinajstić information content (AvgIpc) is 2.95. The quantitative estimate of drug-likeness (QED) is 0.191. The van der Waals surface area contributed by atoms with Gasteiger partial charge in [-0.25, -0.2) is 0 Å². The summed E-state index contributed by atoms with van der Waals surface area (Å²) in [5.41, 5.74) is 2.08. The van der Waals surface area contributed by atoms with Gasteiger partial charge in [-0.15, -0.1) is 11.8 Å². The average molecular weight is 549 g/mol. The first-order valence-corrected chi connectivity index (χ1v) is 15.0. The van der Waals surface area contributed by atoms with Gasteiger partial charge in [0.1, 0.15) is 6.04 Å². The molecule has 0 heterocycles. The number of carbonyl (C=O) groups is 2. The molecule has 1 fully saturated rings. The van der Waals surface area contributed by atoms with Gasteiger partial charge in [-0.1, -0.05) is 91.5 Å². The van der Waals surface area contributed by atoms with E-state index >= 15 is 0 Å². The van der Waals surface area contributed by atoms with Crippen LogP contribution in [-0.4, -0.2) is 34.6 Å². The van der Waals surface area contributed by atoms with Crippen LogP contribution in [0.1, 0.15) is 56.1 Å². The maximum absolute atomic E-state index is 13.8.